The van der Waals surface area contributed by atoms with Crippen LogP contribution in [-0.4, -0.2) is 19.5 Å². The molecule has 0 aliphatic carbocycles. The molecule has 0 bridgehead atoms. The van der Waals surface area contributed by atoms with Gasteiger partial charge in [0, 0.05) is 58.4 Å². The lowest BCUT2D eigenvalue weighted by molar-refractivity contribution is 0.669. The Morgan fingerprint density at radius 2 is 0.965 bits per heavy atom. The number of hydrogen-bond donors (Lipinski definition) is 0. The van der Waals surface area contributed by atoms with Gasteiger partial charge in [-0.05, 0) is 48.0 Å². The van der Waals surface area contributed by atoms with Gasteiger partial charge in [-0.15, -0.1) is 11.3 Å². The van der Waals surface area contributed by atoms with Crippen LogP contribution in [0.25, 0.3) is 115 Å². The predicted molar refractivity (Wildman–Crippen MR) is 236 cm³/mol. The van der Waals surface area contributed by atoms with Crippen LogP contribution in [0.15, 0.2) is 186 Å². The van der Waals surface area contributed by atoms with Crippen molar-refractivity contribution in [3.63, 3.8) is 0 Å². The van der Waals surface area contributed by atoms with Crippen molar-refractivity contribution in [1.82, 2.24) is 19.5 Å². The van der Waals surface area contributed by atoms with E-state index in [1.54, 1.807) is 11.3 Å². The summed E-state index contributed by atoms with van der Waals surface area (Å²) in [4.78, 5) is 15.5. The number of para-hydroxylation sites is 4. The average Bonchev–Trinajstić information content (AvgIpc) is 3.96. The first-order chi connectivity index (χ1) is 28.3. The van der Waals surface area contributed by atoms with Crippen LogP contribution in [0.5, 0.6) is 0 Å². The Balaban J connectivity index is 1.09. The Morgan fingerprint density at radius 3 is 1.77 bits per heavy atom. The standard InChI is InChI=1S/C51H30N4OS/c1-2-15-31(16-3-1)49-52-50(54-51(53-49)40-25-12-22-37-35-20-7-11-30-45(35)57-48(37)40)39-24-13-23-38-46-36(21-14-29-44(46)56-47(38)39)34-19-6-10-28-43(34)55-41-26-8-4-17-32(41)33-18-5-9-27-42(33)55/h1-30H. The van der Waals surface area contributed by atoms with Crippen LogP contribution in [-0.2, 0) is 0 Å². The van der Waals surface area contributed by atoms with Gasteiger partial charge in [0.1, 0.15) is 11.2 Å². The highest BCUT2D eigenvalue weighted by Crippen LogP contribution is 2.44. The molecule has 8 aromatic carbocycles. The molecule has 266 valence electrons. The van der Waals surface area contributed by atoms with Crippen LogP contribution >= 0.6 is 11.3 Å². The minimum absolute atomic E-state index is 0.564. The van der Waals surface area contributed by atoms with E-state index in [0.29, 0.717) is 17.5 Å². The molecule has 0 unspecified atom stereocenters. The van der Waals surface area contributed by atoms with Crippen molar-refractivity contribution in [2.24, 2.45) is 0 Å². The minimum atomic E-state index is 0.564. The fourth-order valence-electron chi connectivity index (χ4n) is 8.58. The van der Waals surface area contributed by atoms with Crippen molar-refractivity contribution in [3.8, 4) is 51.0 Å². The number of thiophene rings is 1. The van der Waals surface area contributed by atoms with Gasteiger partial charge in [-0.1, -0.05) is 140 Å². The molecule has 0 saturated carbocycles. The Bertz CT molecular complexity index is 3490. The lowest BCUT2D eigenvalue weighted by Gasteiger charge is -2.14. The molecule has 4 aromatic heterocycles. The highest BCUT2D eigenvalue weighted by Gasteiger charge is 2.22. The van der Waals surface area contributed by atoms with Gasteiger partial charge < -0.3 is 8.98 Å². The Labute approximate surface area is 330 Å². The van der Waals surface area contributed by atoms with Gasteiger partial charge in [-0.2, -0.15) is 0 Å². The molecule has 5 nitrogen and oxygen atoms in total. The zero-order chi connectivity index (χ0) is 37.5. The number of benzene rings is 8. The maximum absolute atomic E-state index is 6.87. The van der Waals surface area contributed by atoms with Gasteiger partial charge in [0.05, 0.1) is 22.3 Å². The van der Waals surface area contributed by atoms with Gasteiger partial charge in [0.25, 0.3) is 0 Å². The molecule has 12 rings (SSSR count). The maximum Gasteiger partial charge on any atom is 0.167 e. The summed E-state index contributed by atoms with van der Waals surface area (Å²) >= 11 is 1.77. The summed E-state index contributed by atoms with van der Waals surface area (Å²) in [5.41, 5.74) is 9.93. The number of nitrogens with zero attached hydrogens (tertiary/aromatic N) is 4. The second kappa shape index (κ2) is 12.6. The predicted octanol–water partition coefficient (Wildman–Crippen LogP) is 13.9. The van der Waals surface area contributed by atoms with E-state index < -0.39 is 0 Å². The van der Waals surface area contributed by atoms with E-state index in [4.69, 9.17) is 19.4 Å². The van der Waals surface area contributed by atoms with E-state index in [1.807, 2.05) is 30.3 Å². The second-order valence-corrected chi connectivity index (χ2v) is 15.4. The van der Waals surface area contributed by atoms with E-state index in [1.165, 1.54) is 37.3 Å². The van der Waals surface area contributed by atoms with Gasteiger partial charge in [0.2, 0.25) is 0 Å². The van der Waals surface area contributed by atoms with E-state index in [-0.39, 0.29) is 0 Å². The fourth-order valence-corrected chi connectivity index (χ4v) is 9.79. The molecular weight excluding hydrogens is 717 g/mol. The maximum atomic E-state index is 6.87. The topological polar surface area (TPSA) is 56.7 Å². The summed E-state index contributed by atoms with van der Waals surface area (Å²) in [5, 5.41) is 6.95. The molecule has 0 fully saturated rings. The van der Waals surface area contributed by atoms with Crippen LogP contribution in [0.3, 0.4) is 0 Å². The summed E-state index contributed by atoms with van der Waals surface area (Å²) in [6, 6.07) is 63.7. The smallest absolute Gasteiger partial charge is 0.167 e. The lowest BCUT2D eigenvalue weighted by atomic mass is 9.97. The molecular formula is C51H30N4OS. The largest absolute Gasteiger partial charge is 0.455 e. The van der Waals surface area contributed by atoms with Crippen molar-refractivity contribution in [2.45, 2.75) is 0 Å². The molecule has 0 atom stereocenters. The minimum Gasteiger partial charge on any atom is -0.455 e. The van der Waals surface area contributed by atoms with Gasteiger partial charge >= 0.3 is 0 Å². The Hall–Kier alpha value is -7.41. The summed E-state index contributed by atoms with van der Waals surface area (Å²) < 4.78 is 11.6. The van der Waals surface area contributed by atoms with Gasteiger partial charge in [0.15, 0.2) is 17.5 Å². The van der Waals surface area contributed by atoms with Crippen molar-refractivity contribution < 1.29 is 4.42 Å². The van der Waals surface area contributed by atoms with Crippen molar-refractivity contribution in [3.05, 3.63) is 182 Å². The molecule has 0 saturated heterocycles. The molecule has 57 heavy (non-hydrogen) atoms. The summed E-state index contributed by atoms with van der Waals surface area (Å²) in [7, 11) is 0. The Kier molecular flexibility index (Phi) is 7.03. The quantitative estimate of drug-likeness (QED) is 0.176. The monoisotopic (exact) mass is 746 g/mol. The van der Waals surface area contributed by atoms with Crippen molar-refractivity contribution >= 4 is 75.3 Å². The number of fused-ring (bicyclic) bond motifs is 9. The highest BCUT2D eigenvalue weighted by atomic mass is 32.1. The molecule has 0 N–H and O–H groups in total. The van der Waals surface area contributed by atoms with Crippen molar-refractivity contribution in [2.75, 3.05) is 0 Å². The molecule has 0 aliphatic rings. The van der Waals surface area contributed by atoms with Crippen LogP contribution in [0, 0.1) is 0 Å². The van der Waals surface area contributed by atoms with Crippen LogP contribution < -0.4 is 0 Å². The van der Waals surface area contributed by atoms with Gasteiger partial charge in [-0.3, -0.25) is 0 Å². The highest BCUT2D eigenvalue weighted by molar-refractivity contribution is 7.26. The SMILES string of the molecule is c1ccc(-c2nc(-c3cccc4c3oc3cccc(-c5ccccc5-n5c6ccccc6c6ccccc65)c34)nc(-c3cccc4c3sc3ccccc34)n2)cc1. The number of furan rings is 1. The van der Waals surface area contributed by atoms with E-state index >= 15 is 0 Å². The first kappa shape index (κ1) is 31.9. The zero-order valence-corrected chi connectivity index (χ0v) is 31.2. The van der Waals surface area contributed by atoms with Crippen LogP contribution in [0.4, 0.5) is 0 Å². The number of aromatic nitrogens is 4. The van der Waals surface area contributed by atoms with Crippen molar-refractivity contribution in [1.29, 1.82) is 0 Å². The number of hydrogen-bond acceptors (Lipinski definition) is 5. The molecule has 4 heterocycles. The first-order valence-electron chi connectivity index (χ1n) is 19.0. The normalized spacial score (nSPS) is 11.9. The molecule has 6 heteroatoms. The van der Waals surface area contributed by atoms with Crippen LogP contribution in [0.1, 0.15) is 0 Å². The average molecular weight is 747 g/mol. The molecule has 0 radical (unpaired) electrons. The fraction of sp³-hybridized carbons (Fsp3) is 0. The summed E-state index contributed by atoms with van der Waals surface area (Å²) in [6.45, 7) is 0. The number of rotatable bonds is 5. The summed E-state index contributed by atoms with van der Waals surface area (Å²) in [6.07, 6.45) is 0. The third-order valence-corrected chi connectivity index (χ3v) is 12.3. The first-order valence-corrected chi connectivity index (χ1v) is 19.8. The molecule has 0 aliphatic heterocycles. The molecule has 0 amide bonds. The summed E-state index contributed by atoms with van der Waals surface area (Å²) in [5.74, 6) is 1.81. The lowest BCUT2D eigenvalue weighted by Crippen LogP contribution is -2.00. The van der Waals surface area contributed by atoms with Gasteiger partial charge in [-0.25, -0.2) is 15.0 Å². The van der Waals surface area contributed by atoms with E-state index in [0.717, 1.165) is 60.1 Å². The third kappa shape index (κ3) is 4.91. The second-order valence-electron chi connectivity index (χ2n) is 14.3. The Morgan fingerprint density at radius 1 is 0.404 bits per heavy atom. The van der Waals surface area contributed by atoms with E-state index in [2.05, 4.69) is 156 Å². The van der Waals surface area contributed by atoms with Crippen LogP contribution in [0.2, 0.25) is 0 Å². The molecule has 12 aromatic rings. The third-order valence-electron chi connectivity index (χ3n) is 11.1. The zero-order valence-electron chi connectivity index (χ0n) is 30.4. The van der Waals surface area contributed by atoms with E-state index in [9.17, 15) is 0 Å². The molecule has 0 spiro atoms.